The van der Waals surface area contributed by atoms with Crippen molar-refractivity contribution in [2.24, 2.45) is 45.3 Å². The van der Waals surface area contributed by atoms with Crippen LogP contribution in [0.5, 0.6) is 0 Å². The van der Waals surface area contributed by atoms with Crippen molar-refractivity contribution < 1.29 is 120 Å². The van der Waals surface area contributed by atoms with Gasteiger partial charge >= 0.3 is 0 Å². The summed E-state index contributed by atoms with van der Waals surface area (Å²) in [5.41, 5.74) is -2.57. The van der Waals surface area contributed by atoms with Crippen LogP contribution in [0.25, 0.3) is 0 Å². The summed E-state index contributed by atoms with van der Waals surface area (Å²) in [6.07, 6.45) is -26.9. The summed E-state index contributed by atoms with van der Waals surface area (Å²) in [7, 11) is 0. The van der Waals surface area contributed by atoms with E-state index in [0.717, 1.165) is 18.4 Å². The number of aliphatic hydroxyl groups is 16. The van der Waals surface area contributed by atoms with Crippen molar-refractivity contribution >= 4 is 0 Å². The van der Waals surface area contributed by atoms with Gasteiger partial charge in [-0.2, -0.15) is 0 Å². The molecule has 0 aromatic heterocycles. The standard InChI is InChI=1S/C54H92O24/c1-22(27(58)16-35(51(4,5)70)77-47-42(67)40(65)38(63)31(75-47)21-71-46-36(61)28(59)15-23(18-55)72-46)24-13-14-52(6)32-11-9-25-26(54(32,8)33(60)17-53(24,52)7)10-12-34(50(25,2)3)76-48-44(69)41(66)45(30(20-57)74-48)78-49-43(68)39(64)37(62)29(19-56)73-49/h9,22-24,26-49,55-70H,10-21H2,1-8H3/t22-,23-,24+,26+,27?,28-,29+,30+,31+,32-,33+,34-,35+,36+,37+,38+,39-,40-,41+,42+,43+,44+,45+,46+,47-,48-,49-,52-,53+,54-/m0/s1. The molecule has 4 aliphatic heterocycles. The predicted molar refractivity (Wildman–Crippen MR) is 268 cm³/mol. The van der Waals surface area contributed by atoms with Gasteiger partial charge in [0.2, 0.25) is 0 Å². The first kappa shape index (κ1) is 62.8. The Morgan fingerprint density at radius 1 is 0.654 bits per heavy atom. The average Bonchev–Trinajstić information content (AvgIpc) is 3.90. The molecule has 24 heteroatoms. The average molecular weight is 1130 g/mol. The number of rotatable bonds is 17. The number of fused-ring (bicyclic) bond motifs is 5. The lowest BCUT2D eigenvalue weighted by Crippen LogP contribution is -2.66. The Balaban J connectivity index is 0.926. The largest absolute Gasteiger partial charge is 0.394 e. The lowest BCUT2D eigenvalue weighted by molar-refractivity contribution is -0.365. The molecule has 78 heavy (non-hydrogen) atoms. The summed E-state index contributed by atoms with van der Waals surface area (Å²) in [5.74, 6) is -0.529. The molecule has 0 spiro atoms. The van der Waals surface area contributed by atoms with Crippen molar-refractivity contribution in [1.29, 1.82) is 0 Å². The maximum absolute atomic E-state index is 12.7. The third-order valence-electron chi connectivity index (χ3n) is 20.8. The zero-order valence-corrected chi connectivity index (χ0v) is 46.1. The van der Waals surface area contributed by atoms with E-state index in [4.69, 9.17) is 37.9 Å². The van der Waals surface area contributed by atoms with E-state index in [2.05, 4.69) is 26.8 Å². The molecule has 16 N–H and O–H groups in total. The summed E-state index contributed by atoms with van der Waals surface area (Å²) in [5, 5.41) is 173. The molecular weight excluding hydrogens is 1030 g/mol. The molecule has 7 fully saturated rings. The molecule has 24 nitrogen and oxygen atoms in total. The molecule has 3 saturated carbocycles. The highest BCUT2D eigenvalue weighted by atomic mass is 16.8. The minimum absolute atomic E-state index is 0.0184. The molecular formula is C54H92O24. The van der Waals surface area contributed by atoms with Crippen LogP contribution in [-0.2, 0) is 37.9 Å². The second kappa shape index (κ2) is 23.7. The molecule has 0 radical (unpaired) electrons. The van der Waals surface area contributed by atoms with E-state index < -0.39 is 189 Å². The quantitative estimate of drug-likeness (QED) is 0.0637. The Kier molecular flexibility index (Phi) is 19.1. The van der Waals surface area contributed by atoms with Gasteiger partial charge in [-0.15, -0.1) is 0 Å². The number of ether oxygens (including phenoxy) is 8. The normalized spacial score (nSPS) is 50.9. The third kappa shape index (κ3) is 11.1. The van der Waals surface area contributed by atoms with Gasteiger partial charge < -0.3 is 120 Å². The summed E-state index contributed by atoms with van der Waals surface area (Å²) in [6.45, 7) is 13.3. The zero-order valence-electron chi connectivity index (χ0n) is 46.1. The van der Waals surface area contributed by atoms with E-state index in [1.165, 1.54) is 13.8 Å². The molecule has 30 atom stereocenters. The molecule has 0 amide bonds. The van der Waals surface area contributed by atoms with E-state index in [-0.39, 0.29) is 41.9 Å². The van der Waals surface area contributed by atoms with E-state index in [1.54, 1.807) is 0 Å². The summed E-state index contributed by atoms with van der Waals surface area (Å²) < 4.78 is 47.1. The summed E-state index contributed by atoms with van der Waals surface area (Å²) >= 11 is 0. The summed E-state index contributed by atoms with van der Waals surface area (Å²) in [6, 6.07) is 0. The molecule has 0 aromatic carbocycles. The van der Waals surface area contributed by atoms with Crippen LogP contribution in [0.3, 0.4) is 0 Å². The van der Waals surface area contributed by atoms with Gasteiger partial charge in [0.1, 0.15) is 79.4 Å². The van der Waals surface area contributed by atoms with Crippen LogP contribution < -0.4 is 0 Å². The van der Waals surface area contributed by atoms with E-state index in [1.807, 2.05) is 20.8 Å². The first-order chi connectivity index (χ1) is 36.4. The fourth-order valence-corrected chi connectivity index (χ4v) is 15.5. The Bertz CT molecular complexity index is 2030. The van der Waals surface area contributed by atoms with Gasteiger partial charge in [-0.3, -0.25) is 0 Å². The fourth-order valence-electron chi connectivity index (χ4n) is 15.5. The smallest absolute Gasteiger partial charge is 0.187 e. The van der Waals surface area contributed by atoms with Crippen molar-refractivity contribution in [3.63, 3.8) is 0 Å². The fraction of sp³-hybridized carbons (Fsp3) is 0.963. The molecule has 4 heterocycles. The van der Waals surface area contributed by atoms with Crippen LogP contribution in [0, 0.1) is 45.3 Å². The number of hydrogen-bond acceptors (Lipinski definition) is 24. The number of aliphatic hydroxyl groups excluding tert-OH is 15. The van der Waals surface area contributed by atoms with Crippen LogP contribution in [0.4, 0.5) is 0 Å². The number of allylic oxidation sites excluding steroid dienone is 1. The monoisotopic (exact) mass is 1120 g/mol. The maximum atomic E-state index is 12.7. The topological polar surface area (TPSA) is 398 Å². The minimum atomic E-state index is -1.81. The lowest BCUT2D eigenvalue weighted by Gasteiger charge is -2.67. The Hall–Kier alpha value is -1.22. The molecule has 8 aliphatic rings. The first-order valence-electron chi connectivity index (χ1n) is 28.0. The molecule has 1 unspecified atom stereocenters. The zero-order chi connectivity index (χ0) is 57.5. The minimum Gasteiger partial charge on any atom is -0.394 e. The van der Waals surface area contributed by atoms with Crippen molar-refractivity contribution in [1.82, 2.24) is 0 Å². The number of hydrogen-bond donors (Lipinski definition) is 16. The van der Waals surface area contributed by atoms with Gasteiger partial charge in [0.25, 0.3) is 0 Å². The third-order valence-corrected chi connectivity index (χ3v) is 20.8. The Morgan fingerprint density at radius 3 is 1.87 bits per heavy atom. The Morgan fingerprint density at radius 2 is 1.24 bits per heavy atom. The molecule has 452 valence electrons. The van der Waals surface area contributed by atoms with Gasteiger partial charge in [0, 0.05) is 23.7 Å². The molecule has 8 rings (SSSR count). The Labute approximate surface area is 455 Å². The van der Waals surface area contributed by atoms with Crippen molar-refractivity contribution in [2.45, 2.75) is 253 Å². The molecule has 0 aromatic rings. The van der Waals surface area contributed by atoms with Crippen LogP contribution in [0.1, 0.15) is 107 Å². The first-order valence-corrected chi connectivity index (χ1v) is 28.0. The highest BCUT2D eigenvalue weighted by molar-refractivity contribution is 5.32. The van der Waals surface area contributed by atoms with Gasteiger partial charge in [-0.1, -0.05) is 53.2 Å². The van der Waals surface area contributed by atoms with Gasteiger partial charge in [-0.05, 0) is 86.9 Å². The van der Waals surface area contributed by atoms with E-state index in [9.17, 15) is 81.7 Å². The van der Waals surface area contributed by atoms with Crippen molar-refractivity contribution in [2.75, 3.05) is 26.4 Å². The lowest BCUT2D eigenvalue weighted by atomic mass is 9.38. The molecule has 4 saturated heterocycles. The SMILES string of the molecule is C[C@H](C(O)C[C@@H](O[C@@H]1O[C@H](CO[C@@H]2O[C@H](CO)C[C@H](O)[C@H]2O)[C@@H](O)[C@H](O)[C@H]1O)C(C)(C)O)[C@H]1CC[C@@]2(C)[C@@H]3CC=C4[C@@H](CC[C@H](O[C@@H]5O[C@H](CO)[C@@H](O[C@@H]6O[C@H](CO)[C@@H](O)[C@H](O)[C@H]6O)[C@H](O)[C@H]5O)C4(C)C)[C@]3(C)[C@H](O)C[C@]12C. The second-order valence-electron chi connectivity index (χ2n) is 25.9. The van der Waals surface area contributed by atoms with Crippen molar-refractivity contribution in [3.8, 4) is 0 Å². The summed E-state index contributed by atoms with van der Waals surface area (Å²) in [4.78, 5) is 0. The van der Waals surface area contributed by atoms with Gasteiger partial charge in [0.15, 0.2) is 25.2 Å². The van der Waals surface area contributed by atoms with E-state index >= 15 is 0 Å². The van der Waals surface area contributed by atoms with Gasteiger partial charge in [-0.25, -0.2) is 0 Å². The highest BCUT2D eigenvalue weighted by Gasteiger charge is 2.71. The van der Waals surface area contributed by atoms with Crippen LogP contribution in [0.15, 0.2) is 11.6 Å². The molecule has 0 bridgehead atoms. The van der Waals surface area contributed by atoms with E-state index in [0.29, 0.717) is 25.7 Å². The maximum Gasteiger partial charge on any atom is 0.187 e. The van der Waals surface area contributed by atoms with Crippen LogP contribution >= 0.6 is 0 Å². The second-order valence-corrected chi connectivity index (χ2v) is 25.9. The van der Waals surface area contributed by atoms with Gasteiger partial charge in [0.05, 0.1) is 68.7 Å². The predicted octanol–water partition coefficient (Wildman–Crippen LogP) is -3.23. The van der Waals surface area contributed by atoms with Crippen LogP contribution in [-0.4, -0.2) is 255 Å². The highest BCUT2D eigenvalue weighted by Crippen LogP contribution is 2.75. The molecule has 4 aliphatic carbocycles. The van der Waals surface area contributed by atoms with Crippen LogP contribution in [0.2, 0.25) is 0 Å². The van der Waals surface area contributed by atoms with Crippen molar-refractivity contribution in [3.05, 3.63) is 11.6 Å².